The van der Waals surface area contributed by atoms with E-state index in [9.17, 15) is 18.8 Å². The second-order valence-electron chi connectivity index (χ2n) is 8.10. The van der Waals surface area contributed by atoms with Crippen molar-refractivity contribution in [3.63, 3.8) is 0 Å². The number of fused-ring (bicyclic) bond motifs is 1. The second-order valence-corrected chi connectivity index (χ2v) is 8.10. The number of amides is 3. The molecule has 8 nitrogen and oxygen atoms in total. The molecule has 1 saturated carbocycles. The third kappa shape index (κ3) is 5.48. The maximum absolute atomic E-state index is 13.1. The van der Waals surface area contributed by atoms with E-state index in [-0.39, 0.29) is 36.3 Å². The number of hydrogen-bond donors (Lipinski definition) is 2. The van der Waals surface area contributed by atoms with Gasteiger partial charge in [-0.1, -0.05) is 12.1 Å². The zero-order valence-corrected chi connectivity index (χ0v) is 17.3. The lowest BCUT2D eigenvalue weighted by Gasteiger charge is -2.20. The Morgan fingerprint density at radius 2 is 1.90 bits per heavy atom. The highest BCUT2D eigenvalue weighted by atomic mass is 19.1. The standard InChI is InChI=1S/C22H26FN5O3/c23-17-6-4-16(5-7-17)14-27-10-1-11-28-19(22(27)31)12-18(26-28)21(30)24-9-8-20(29)25-13-15-2-3-15/h4-7,12,15H,1-3,8-11,13-14H2,(H,24,30)(H,25,29). The van der Waals surface area contributed by atoms with Crippen LogP contribution < -0.4 is 10.6 Å². The first-order valence-electron chi connectivity index (χ1n) is 10.7. The van der Waals surface area contributed by atoms with E-state index in [1.165, 1.54) is 31.0 Å². The van der Waals surface area contributed by atoms with Crippen LogP contribution in [0.5, 0.6) is 0 Å². The lowest BCUT2D eigenvalue weighted by atomic mass is 10.2. The highest BCUT2D eigenvalue weighted by Gasteiger charge is 2.26. The van der Waals surface area contributed by atoms with Gasteiger partial charge in [-0.15, -0.1) is 0 Å². The van der Waals surface area contributed by atoms with Gasteiger partial charge in [0.25, 0.3) is 11.8 Å². The summed E-state index contributed by atoms with van der Waals surface area (Å²) >= 11 is 0. The molecule has 0 atom stereocenters. The number of rotatable bonds is 8. The van der Waals surface area contributed by atoms with Gasteiger partial charge in [-0.05, 0) is 42.9 Å². The molecule has 0 spiro atoms. The monoisotopic (exact) mass is 427 g/mol. The summed E-state index contributed by atoms with van der Waals surface area (Å²) in [4.78, 5) is 38.9. The van der Waals surface area contributed by atoms with Crippen LogP contribution in [0.2, 0.25) is 0 Å². The van der Waals surface area contributed by atoms with Crippen LogP contribution in [0.15, 0.2) is 30.3 Å². The molecule has 1 aliphatic carbocycles. The molecule has 164 valence electrons. The van der Waals surface area contributed by atoms with E-state index in [0.29, 0.717) is 44.2 Å². The van der Waals surface area contributed by atoms with Crippen molar-refractivity contribution >= 4 is 17.7 Å². The number of halogens is 1. The maximum atomic E-state index is 13.1. The molecule has 3 amide bonds. The average molecular weight is 427 g/mol. The Hall–Kier alpha value is -3.23. The fraction of sp³-hybridized carbons (Fsp3) is 0.455. The van der Waals surface area contributed by atoms with E-state index < -0.39 is 5.91 Å². The van der Waals surface area contributed by atoms with Crippen molar-refractivity contribution in [2.24, 2.45) is 5.92 Å². The number of benzene rings is 1. The van der Waals surface area contributed by atoms with Crippen LogP contribution in [0.3, 0.4) is 0 Å². The average Bonchev–Trinajstić information content (AvgIpc) is 3.52. The van der Waals surface area contributed by atoms with Gasteiger partial charge in [-0.25, -0.2) is 4.39 Å². The summed E-state index contributed by atoms with van der Waals surface area (Å²) in [6.07, 6.45) is 3.24. The zero-order valence-electron chi connectivity index (χ0n) is 17.3. The van der Waals surface area contributed by atoms with Crippen molar-refractivity contribution < 1.29 is 18.8 Å². The fourth-order valence-corrected chi connectivity index (χ4v) is 3.55. The van der Waals surface area contributed by atoms with Crippen LogP contribution in [0.25, 0.3) is 0 Å². The van der Waals surface area contributed by atoms with Crippen LogP contribution in [0.4, 0.5) is 4.39 Å². The van der Waals surface area contributed by atoms with E-state index >= 15 is 0 Å². The molecule has 0 bridgehead atoms. The molecule has 0 radical (unpaired) electrons. The Labute approximate surface area is 179 Å². The van der Waals surface area contributed by atoms with Crippen molar-refractivity contribution in [3.8, 4) is 0 Å². The predicted octanol–water partition coefficient (Wildman–Crippen LogP) is 1.71. The smallest absolute Gasteiger partial charge is 0.272 e. The van der Waals surface area contributed by atoms with Crippen molar-refractivity contribution in [1.29, 1.82) is 0 Å². The SMILES string of the molecule is O=C(CCNC(=O)c1cc2n(n1)CCCN(Cc1ccc(F)cc1)C2=O)NCC1CC1. The van der Waals surface area contributed by atoms with Gasteiger partial charge in [0.05, 0.1) is 0 Å². The summed E-state index contributed by atoms with van der Waals surface area (Å²) in [6, 6.07) is 7.55. The Balaban J connectivity index is 1.33. The molecule has 2 aromatic rings. The minimum Gasteiger partial charge on any atom is -0.356 e. The summed E-state index contributed by atoms with van der Waals surface area (Å²) in [7, 11) is 0. The fourth-order valence-electron chi connectivity index (χ4n) is 3.55. The molecule has 1 aromatic heterocycles. The van der Waals surface area contributed by atoms with Crippen molar-refractivity contribution in [3.05, 3.63) is 53.1 Å². The number of nitrogens with one attached hydrogen (secondary N) is 2. The molecule has 4 rings (SSSR count). The molecular weight excluding hydrogens is 401 g/mol. The highest BCUT2D eigenvalue weighted by Crippen LogP contribution is 2.27. The van der Waals surface area contributed by atoms with Crippen LogP contribution in [0, 0.1) is 11.7 Å². The molecule has 9 heteroatoms. The minimum absolute atomic E-state index is 0.0839. The normalized spacial score (nSPS) is 15.9. The minimum atomic E-state index is -0.409. The molecule has 31 heavy (non-hydrogen) atoms. The molecule has 1 aromatic carbocycles. The lowest BCUT2D eigenvalue weighted by molar-refractivity contribution is -0.121. The van der Waals surface area contributed by atoms with Gasteiger partial charge >= 0.3 is 0 Å². The number of carbonyl (C=O) groups is 3. The lowest BCUT2D eigenvalue weighted by Crippen LogP contribution is -2.32. The summed E-state index contributed by atoms with van der Waals surface area (Å²) < 4.78 is 14.7. The molecule has 1 fully saturated rings. The Morgan fingerprint density at radius 1 is 1.13 bits per heavy atom. The van der Waals surface area contributed by atoms with Gasteiger partial charge in [-0.2, -0.15) is 5.10 Å². The van der Waals surface area contributed by atoms with Crippen LogP contribution in [-0.4, -0.2) is 52.0 Å². The van der Waals surface area contributed by atoms with Crippen LogP contribution in [0.1, 0.15) is 52.2 Å². The van der Waals surface area contributed by atoms with E-state index in [1.807, 2.05) is 0 Å². The van der Waals surface area contributed by atoms with Gasteiger partial charge in [0.15, 0.2) is 5.69 Å². The third-order valence-electron chi connectivity index (χ3n) is 5.53. The van der Waals surface area contributed by atoms with E-state index in [0.717, 1.165) is 5.56 Å². The van der Waals surface area contributed by atoms with Crippen molar-refractivity contribution in [1.82, 2.24) is 25.3 Å². The third-order valence-corrected chi connectivity index (χ3v) is 5.53. The first kappa shape index (κ1) is 21.0. The second kappa shape index (κ2) is 9.28. The topological polar surface area (TPSA) is 96.3 Å². The largest absolute Gasteiger partial charge is 0.356 e. The number of aromatic nitrogens is 2. The molecule has 0 unspecified atom stereocenters. The van der Waals surface area contributed by atoms with Crippen molar-refractivity contribution in [2.45, 2.75) is 38.8 Å². The predicted molar refractivity (Wildman–Crippen MR) is 111 cm³/mol. The van der Waals surface area contributed by atoms with E-state index in [4.69, 9.17) is 0 Å². The first-order valence-corrected chi connectivity index (χ1v) is 10.7. The molecule has 2 N–H and O–H groups in total. The Kier molecular flexibility index (Phi) is 6.29. The number of carbonyl (C=O) groups excluding carboxylic acids is 3. The summed E-state index contributed by atoms with van der Waals surface area (Å²) in [5, 5.41) is 9.84. The summed E-state index contributed by atoms with van der Waals surface area (Å²) in [5.41, 5.74) is 1.35. The van der Waals surface area contributed by atoms with Gasteiger partial charge in [0.1, 0.15) is 11.5 Å². The molecule has 2 aliphatic rings. The molecule has 0 saturated heterocycles. The van der Waals surface area contributed by atoms with E-state index in [2.05, 4.69) is 15.7 Å². The zero-order chi connectivity index (χ0) is 21.8. The summed E-state index contributed by atoms with van der Waals surface area (Å²) in [5.74, 6) is -0.416. The van der Waals surface area contributed by atoms with Crippen molar-refractivity contribution in [2.75, 3.05) is 19.6 Å². The molecule has 2 heterocycles. The summed E-state index contributed by atoms with van der Waals surface area (Å²) in [6.45, 7) is 2.36. The number of hydrogen-bond acceptors (Lipinski definition) is 4. The highest BCUT2D eigenvalue weighted by molar-refractivity contribution is 5.98. The van der Waals surface area contributed by atoms with Gasteiger partial charge in [0.2, 0.25) is 5.91 Å². The van der Waals surface area contributed by atoms with Crippen LogP contribution >= 0.6 is 0 Å². The quantitative estimate of drug-likeness (QED) is 0.670. The molecular formula is C22H26FN5O3. The van der Waals surface area contributed by atoms with Gasteiger partial charge in [-0.3, -0.25) is 19.1 Å². The van der Waals surface area contributed by atoms with E-state index in [1.54, 1.807) is 21.7 Å². The maximum Gasteiger partial charge on any atom is 0.272 e. The number of nitrogens with zero attached hydrogens (tertiary/aromatic N) is 3. The first-order chi connectivity index (χ1) is 15.0. The molecule has 1 aliphatic heterocycles. The number of aryl methyl sites for hydroxylation is 1. The van der Waals surface area contributed by atoms with Gasteiger partial charge < -0.3 is 15.5 Å². The Morgan fingerprint density at radius 3 is 2.65 bits per heavy atom. The Bertz CT molecular complexity index is 968. The van der Waals surface area contributed by atoms with Crippen LogP contribution in [-0.2, 0) is 17.9 Å². The van der Waals surface area contributed by atoms with Gasteiger partial charge in [0, 0.05) is 45.2 Å².